The number of rotatable bonds is 4. The molecule has 17 heavy (non-hydrogen) atoms. The summed E-state index contributed by atoms with van der Waals surface area (Å²) in [4.78, 5) is 6.82. The smallest absolute Gasteiger partial charge is 0.195 e. The Balaban J connectivity index is 1.91. The molecule has 2 atom stereocenters. The lowest BCUT2D eigenvalue weighted by Gasteiger charge is -2.31. The molecule has 4 nitrogen and oxygen atoms in total. The monoisotopic (exact) mass is 238 g/mol. The van der Waals surface area contributed by atoms with E-state index in [0.717, 1.165) is 18.0 Å². The highest BCUT2D eigenvalue weighted by Gasteiger charge is 2.21. The number of likely N-dealkylation sites (N-methyl/N-ethyl adjacent to an activating group) is 1. The molecule has 0 saturated carbocycles. The van der Waals surface area contributed by atoms with E-state index in [1.807, 2.05) is 0 Å². The van der Waals surface area contributed by atoms with Crippen LogP contribution in [-0.2, 0) is 12.8 Å². The highest BCUT2D eigenvalue weighted by atomic mass is 16.3. The molecule has 0 bridgehead atoms. The first-order chi connectivity index (χ1) is 8.15. The van der Waals surface area contributed by atoms with Gasteiger partial charge < -0.3 is 14.4 Å². The zero-order chi connectivity index (χ0) is 12.3. The molecule has 2 unspecified atom stereocenters. The van der Waals surface area contributed by atoms with Gasteiger partial charge in [0.1, 0.15) is 6.26 Å². The minimum absolute atomic E-state index is 0.356. The third kappa shape index (κ3) is 3.54. The van der Waals surface area contributed by atoms with E-state index in [-0.39, 0.29) is 6.10 Å². The molecule has 1 N–H and O–H groups in total. The van der Waals surface area contributed by atoms with E-state index in [9.17, 15) is 5.11 Å². The van der Waals surface area contributed by atoms with Gasteiger partial charge in [0, 0.05) is 18.9 Å². The van der Waals surface area contributed by atoms with Crippen molar-refractivity contribution in [3.8, 4) is 0 Å². The molecule has 1 aliphatic rings. The zero-order valence-corrected chi connectivity index (χ0v) is 10.7. The molecule has 1 aliphatic heterocycles. The lowest BCUT2D eigenvalue weighted by Crippen LogP contribution is -2.37. The highest BCUT2D eigenvalue weighted by molar-refractivity contribution is 4.99. The first-order valence-electron chi connectivity index (χ1n) is 6.46. The first kappa shape index (κ1) is 12.6. The third-order valence-electron chi connectivity index (χ3n) is 3.44. The highest BCUT2D eigenvalue weighted by Crippen LogP contribution is 2.19. The Morgan fingerprint density at radius 3 is 3.12 bits per heavy atom. The second kappa shape index (κ2) is 5.65. The van der Waals surface area contributed by atoms with Crippen LogP contribution in [0.3, 0.4) is 0 Å². The Morgan fingerprint density at radius 1 is 1.59 bits per heavy atom. The summed E-state index contributed by atoms with van der Waals surface area (Å²) in [6.45, 7) is 2.94. The molecule has 0 aromatic carbocycles. The quantitative estimate of drug-likeness (QED) is 0.866. The van der Waals surface area contributed by atoms with E-state index in [0.29, 0.717) is 12.5 Å². The number of hydrogen-bond acceptors (Lipinski definition) is 4. The Hall–Kier alpha value is -0.870. The van der Waals surface area contributed by atoms with Crippen molar-refractivity contribution in [2.75, 3.05) is 13.6 Å². The number of oxazole rings is 1. The van der Waals surface area contributed by atoms with E-state index in [1.165, 1.54) is 25.8 Å². The van der Waals surface area contributed by atoms with Gasteiger partial charge in [0.05, 0.1) is 11.8 Å². The molecule has 4 heteroatoms. The Kier molecular flexibility index (Phi) is 4.18. The second-order valence-corrected chi connectivity index (χ2v) is 5.12. The van der Waals surface area contributed by atoms with Gasteiger partial charge in [-0.05, 0) is 33.4 Å². The minimum atomic E-state index is -0.356. The van der Waals surface area contributed by atoms with Crippen LogP contribution < -0.4 is 0 Å². The maximum absolute atomic E-state index is 9.29. The van der Waals surface area contributed by atoms with Crippen LogP contribution >= 0.6 is 0 Å². The third-order valence-corrected chi connectivity index (χ3v) is 3.44. The molecule has 1 aromatic heterocycles. The molecule has 1 saturated heterocycles. The van der Waals surface area contributed by atoms with Crippen LogP contribution in [-0.4, -0.2) is 40.7 Å². The van der Waals surface area contributed by atoms with Crippen molar-refractivity contribution in [1.82, 2.24) is 9.88 Å². The fraction of sp³-hybridized carbons (Fsp3) is 0.769. The van der Waals surface area contributed by atoms with Crippen LogP contribution in [0.25, 0.3) is 0 Å². The van der Waals surface area contributed by atoms with Crippen LogP contribution in [0.5, 0.6) is 0 Å². The Labute approximate surface area is 103 Å². The number of aliphatic hydroxyl groups excluding tert-OH is 1. The lowest BCUT2D eigenvalue weighted by molar-refractivity contribution is 0.176. The summed E-state index contributed by atoms with van der Waals surface area (Å²) in [5, 5.41) is 9.29. The van der Waals surface area contributed by atoms with Crippen LogP contribution in [0.4, 0.5) is 0 Å². The van der Waals surface area contributed by atoms with Crippen LogP contribution in [0, 0.1) is 0 Å². The molecule has 96 valence electrons. The number of likely N-dealkylation sites (tertiary alicyclic amines) is 1. The summed E-state index contributed by atoms with van der Waals surface area (Å²) in [6.07, 6.45) is 6.60. The van der Waals surface area contributed by atoms with Gasteiger partial charge in [-0.15, -0.1) is 0 Å². The standard InChI is InChI=1S/C13H22N2O2/c1-10(16)7-11-9-17-13(14-11)8-12-5-3-4-6-15(12)2/h9-10,12,16H,3-8H2,1-2H3. The van der Waals surface area contributed by atoms with Gasteiger partial charge >= 0.3 is 0 Å². The van der Waals surface area contributed by atoms with E-state index >= 15 is 0 Å². The SMILES string of the molecule is CC(O)Cc1coc(CC2CCCCN2C)n1. The summed E-state index contributed by atoms with van der Waals surface area (Å²) < 4.78 is 5.47. The number of aromatic nitrogens is 1. The summed E-state index contributed by atoms with van der Waals surface area (Å²) in [7, 11) is 2.17. The van der Waals surface area contributed by atoms with Crippen LogP contribution in [0.15, 0.2) is 10.7 Å². The molecular weight excluding hydrogens is 216 g/mol. The summed E-state index contributed by atoms with van der Waals surface area (Å²) in [6, 6.07) is 0.557. The molecule has 0 spiro atoms. The minimum Gasteiger partial charge on any atom is -0.449 e. The zero-order valence-electron chi connectivity index (χ0n) is 10.7. The maximum atomic E-state index is 9.29. The largest absolute Gasteiger partial charge is 0.449 e. The predicted molar refractivity (Wildman–Crippen MR) is 65.9 cm³/mol. The van der Waals surface area contributed by atoms with Gasteiger partial charge in [-0.2, -0.15) is 0 Å². The summed E-state index contributed by atoms with van der Waals surface area (Å²) in [5.74, 6) is 0.805. The fourth-order valence-electron chi connectivity index (χ4n) is 2.44. The fourth-order valence-corrected chi connectivity index (χ4v) is 2.44. The van der Waals surface area contributed by atoms with Gasteiger partial charge in [-0.25, -0.2) is 4.98 Å². The van der Waals surface area contributed by atoms with Gasteiger partial charge in [-0.1, -0.05) is 6.42 Å². The van der Waals surface area contributed by atoms with Crippen LogP contribution in [0.1, 0.15) is 37.8 Å². The van der Waals surface area contributed by atoms with E-state index in [1.54, 1.807) is 13.2 Å². The van der Waals surface area contributed by atoms with Crippen molar-refractivity contribution in [1.29, 1.82) is 0 Å². The van der Waals surface area contributed by atoms with Gasteiger partial charge in [0.15, 0.2) is 5.89 Å². The topological polar surface area (TPSA) is 49.5 Å². The Bertz CT molecular complexity index is 349. The van der Waals surface area contributed by atoms with Crippen molar-refractivity contribution in [3.63, 3.8) is 0 Å². The average Bonchev–Trinajstić information content (AvgIpc) is 2.68. The molecule has 1 fully saturated rings. The van der Waals surface area contributed by atoms with Gasteiger partial charge in [0.2, 0.25) is 0 Å². The molecule has 0 radical (unpaired) electrons. The maximum Gasteiger partial charge on any atom is 0.195 e. The van der Waals surface area contributed by atoms with E-state index in [2.05, 4.69) is 16.9 Å². The normalized spacial score (nSPS) is 23.8. The molecule has 0 amide bonds. The predicted octanol–water partition coefficient (Wildman–Crippen LogP) is 1.62. The molecular formula is C13H22N2O2. The van der Waals surface area contributed by atoms with Crippen molar-refractivity contribution >= 4 is 0 Å². The number of hydrogen-bond donors (Lipinski definition) is 1. The molecule has 1 aromatic rings. The number of nitrogens with zero attached hydrogens (tertiary/aromatic N) is 2. The average molecular weight is 238 g/mol. The number of aliphatic hydroxyl groups is 1. The molecule has 2 rings (SSSR count). The van der Waals surface area contributed by atoms with Crippen molar-refractivity contribution in [3.05, 3.63) is 17.8 Å². The lowest BCUT2D eigenvalue weighted by atomic mass is 10.0. The van der Waals surface area contributed by atoms with Gasteiger partial charge in [0.25, 0.3) is 0 Å². The van der Waals surface area contributed by atoms with E-state index < -0.39 is 0 Å². The van der Waals surface area contributed by atoms with Crippen molar-refractivity contribution in [2.45, 2.75) is 51.2 Å². The molecule has 0 aliphatic carbocycles. The summed E-state index contributed by atoms with van der Waals surface area (Å²) in [5.41, 5.74) is 0.855. The molecule has 2 heterocycles. The van der Waals surface area contributed by atoms with E-state index in [4.69, 9.17) is 4.42 Å². The first-order valence-corrected chi connectivity index (χ1v) is 6.46. The summed E-state index contributed by atoms with van der Waals surface area (Å²) >= 11 is 0. The van der Waals surface area contributed by atoms with Gasteiger partial charge in [-0.3, -0.25) is 0 Å². The Morgan fingerprint density at radius 2 is 2.41 bits per heavy atom. The second-order valence-electron chi connectivity index (χ2n) is 5.12. The number of piperidine rings is 1. The van der Waals surface area contributed by atoms with Crippen molar-refractivity contribution < 1.29 is 9.52 Å². The van der Waals surface area contributed by atoms with Crippen molar-refractivity contribution in [2.24, 2.45) is 0 Å². The van der Waals surface area contributed by atoms with Crippen LogP contribution in [0.2, 0.25) is 0 Å².